The largest absolute Gasteiger partial charge is 0.396 e. The normalized spacial score (nSPS) is 12.6. The van der Waals surface area contributed by atoms with Crippen LogP contribution in [0.25, 0.3) is 0 Å². The summed E-state index contributed by atoms with van der Waals surface area (Å²) >= 11 is 0. The van der Waals surface area contributed by atoms with Crippen molar-refractivity contribution in [2.75, 3.05) is 12.3 Å². The molecule has 0 bridgehead atoms. The molecule has 6 heteroatoms. The zero-order chi connectivity index (χ0) is 13.1. The van der Waals surface area contributed by atoms with E-state index in [0.29, 0.717) is 6.54 Å². The fourth-order valence-corrected chi connectivity index (χ4v) is 2.41. The van der Waals surface area contributed by atoms with Crippen molar-refractivity contribution >= 4 is 15.7 Å². The second kappa shape index (κ2) is 5.01. The van der Waals surface area contributed by atoms with Gasteiger partial charge in [-0.25, -0.2) is 18.1 Å². The Balaban J connectivity index is 2.88. The van der Waals surface area contributed by atoms with Crippen LogP contribution in [0.3, 0.4) is 0 Å². The van der Waals surface area contributed by atoms with Gasteiger partial charge in [0, 0.05) is 12.7 Å². The van der Waals surface area contributed by atoms with Gasteiger partial charge in [-0.2, -0.15) is 0 Å². The molecule has 0 saturated carbocycles. The van der Waals surface area contributed by atoms with Crippen molar-refractivity contribution in [1.82, 2.24) is 9.71 Å². The van der Waals surface area contributed by atoms with Gasteiger partial charge in [0.15, 0.2) is 5.03 Å². The number of nitrogens with one attached hydrogen (secondary N) is 1. The maximum absolute atomic E-state index is 12.0. The Morgan fingerprint density at radius 2 is 2.12 bits per heavy atom. The number of anilines is 1. The van der Waals surface area contributed by atoms with Gasteiger partial charge in [-0.05, 0) is 24.0 Å². The molecule has 0 aliphatic carbocycles. The molecule has 0 radical (unpaired) electrons. The molecule has 3 N–H and O–H groups in total. The second-order valence-corrected chi connectivity index (χ2v) is 6.42. The Bertz CT molecular complexity index is 483. The summed E-state index contributed by atoms with van der Waals surface area (Å²) in [7, 11) is -3.62. The van der Waals surface area contributed by atoms with Gasteiger partial charge in [0.25, 0.3) is 10.0 Å². The molecule has 17 heavy (non-hydrogen) atoms. The summed E-state index contributed by atoms with van der Waals surface area (Å²) in [6, 6.07) is 3.12. The van der Waals surface area contributed by atoms with Crippen LogP contribution in [0.15, 0.2) is 23.4 Å². The third kappa shape index (κ3) is 3.67. The van der Waals surface area contributed by atoms with Crippen LogP contribution < -0.4 is 10.5 Å². The molecule has 0 atom stereocenters. The van der Waals surface area contributed by atoms with Crippen LogP contribution in [-0.4, -0.2) is 19.9 Å². The van der Waals surface area contributed by atoms with Crippen molar-refractivity contribution in [2.45, 2.75) is 32.2 Å². The van der Waals surface area contributed by atoms with E-state index < -0.39 is 10.0 Å². The summed E-state index contributed by atoms with van der Waals surface area (Å²) in [4.78, 5) is 3.80. The summed E-state index contributed by atoms with van der Waals surface area (Å²) in [6.45, 7) is 6.37. The summed E-state index contributed by atoms with van der Waals surface area (Å²) in [5.74, 6) is 0. The van der Waals surface area contributed by atoms with Crippen molar-refractivity contribution in [3.05, 3.63) is 18.3 Å². The number of hydrogen-bond acceptors (Lipinski definition) is 4. The standard InChI is InChI=1S/C11H19N3O2S/c1-4-11(2,3)8-14-17(15,16)10-9(12)6-5-7-13-10/h5-7,14H,4,8,12H2,1-3H3. The quantitative estimate of drug-likeness (QED) is 0.834. The van der Waals surface area contributed by atoms with Crippen LogP contribution in [0.1, 0.15) is 27.2 Å². The number of hydrogen-bond donors (Lipinski definition) is 2. The zero-order valence-electron chi connectivity index (χ0n) is 10.4. The fraction of sp³-hybridized carbons (Fsp3) is 0.545. The minimum absolute atomic E-state index is 0.0867. The Morgan fingerprint density at radius 1 is 1.47 bits per heavy atom. The summed E-state index contributed by atoms with van der Waals surface area (Å²) < 4.78 is 26.5. The van der Waals surface area contributed by atoms with E-state index in [9.17, 15) is 8.42 Å². The molecule has 1 heterocycles. The molecule has 0 saturated heterocycles. The maximum Gasteiger partial charge on any atom is 0.260 e. The molecule has 0 aliphatic rings. The minimum Gasteiger partial charge on any atom is -0.396 e. The Hall–Kier alpha value is -1.14. The number of pyridine rings is 1. The zero-order valence-corrected chi connectivity index (χ0v) is 11.2. The molecule has 1 rings (SSSR count). The van der Waals surface area contributed by atoms with E-state index in [1.165, 1.54) is 12.3 Å². The molecule has 1 aromatic heterocycles. The number of nitrogens with zero attached hydrogens (tertiary/aromatic N) is 1. The lowest BCUT2D eigenvalue weighted by Crippen LogP contribution is -2.34. The lowest BCUT2D eigenvalue weighted by molar-refractivity contribution is 0.350. The number of nitrogens with two attached hydrogens (primary N) is 1. The molecule has 0 aliphatic heterocycles. The Labute approximate surface area is 102 Å². The van der Waals surface area contributed by atoms with Crippen LogP contribution in [0.5, 0.6) is 0 Å². The Morgan fingerprint density at radius 3 is 2.65 bits per heavy atom. The van der Waals surface area contributed by atoms with Crippen LogP contribution in [0.2, 0.25) is 0 Å². The molecule has 1 aromatic rings. The lowest BCUT2D eigenvalue weighted by Gasteiger charge is -2.22. The van der Waals surface area contributed by atoms with Gasteiger partial charge >= 0.3 is 0 Å². The lowest BCUT2D eigenvalue weighted by atomic mass is 9.91. The summed E-state index contributed by atoms with van der Waals surface area (Å²) in [6.07, 6.45) is 2.29. The number of aromatic nitrogens is 1. The van der Waals surface area contributed by atoms with Gasteiger partial charge in [0.05, 0.1) is 5.69 Å². The molecule has 0 unspecified atom stereocenters. The molecule has 0 aromatic carbocycles. The Kier molecular flexibility index (Phi) is 4.11. The van der Waals surface area contributed by atoms with Gasteiger partial charge in [-0.3, -0.25) is 0 Å². The van der Waals surface area contributed by atoms with E-state index in [1.54, 1.807) is 6.07 Å². The fourth-order valence-electron chi connectivity index (χ4n) is 1.11. The first-order valence-corrected chi connectivity index (χ1v) is 6.97. The predicted molar refractivity (Wildman–Crippen MR) is 67.9 cm³/mol. The maximum atomic E-state index is 12.0. The molecule has 0 amide bonds. The highest BCUT2D eigenvalue weighted by Gasteiger charge is 2.23. The van der Waals surface area contributed by atoms with E-state index in [4.69, 9.17) is 5.73 Å². The van der Waals surface area contributed by atoms with Crippen molar-refractivity contribution < 1.29 is 8.42 Å². The van der Waals surface area contributed by atoms with E-state index >= 15 is 0 Å². The van der Waals surface area contributed by atoms with Crippen LogP contribution in [0, 0.1) is 5.41 Å². The van der Waals surface area contributed by atoms with E-state index in [2.05, 4.69) is 9.71 Å². The van der Waals surface area contributed by atoms with Gasteiger partial charge in [0.1, 0.15) is 0 Å². The first kappa shape index (κ1) is 13.9. The van der Waals surface area contributed by atoms with Crippen molar-refractivity contribution in [1.29, 1.82) is 0 Å². The average molecular weight is 257 g/mol. The first-order valence-electron chi connectivity index (χ1n) is 5.49. The van der Waals surface area contributed by atoms with Crippen LogP contribution in [0.4, 0.5) is 5.69 Å². The van der Waals surface area contributed by atoms with E-state index in [-0.39, 0.29) is 16.1 Å². The van der Waals surface area contributed by atoms with Gasteiger partial charge in [0.2, 0.25) is 0 Å². The molecule has 0 spiro atoms. The van der Waals surface area contributed by atoms with Gasteiger partial charge in [-0.1, -0.05) is 20.8 Å². The molecule has 0 fully saturated rings. The predicted octanol–water partition coefficient (Wildman–Crippen LogP) is 1.38. The smallest absolute Gasteiger partial charge is 0.260 e. The SMILES string of the molecule is CCC(C)(C)CNS(=O)(=O)c1ncccc1N. The van der Waals surface area contributed by atoms with Crippen molar-refractivity contribution in [2.24, 2.45) is 5.41 Å². The minimum atomic E-state index is -3.62. The average Bonchev–Trinajstić information content (AvgIpc) is 2.27. The van der Waals surface area contributed by atoms with Crippen molar-refractivity contribution in [3.63, 3.8) is 0 Å². The van der Waals surface area contributed by atoms with Gasteiger partial charge in [-0.15, -0.1) is 0 Å². The highest BCUT2D eigenvalue weighted by atomic mass is 32.2. The molecular formula is C11H19N3O2S. The third-order valence-electron chi connectivity index (χ3n) is 2.75. The number of rotatable bonds is 5. The molecule has 5 nitrogen and oxygen atoms in total. The molecule has 96 valence electrons. The topological polar surface area (TPSA) is 85.1 Å². The number of nitrogen functional groups attached to an aromatic ring is 1. The highest BCUT2D eigenvalue weighted by Crippen LogP contribution is 2.20. The third-order valence-corrected chi connectivity index (χ3v) is 4.13. The summed E-state index contributed by atoms with van der Waals surface area (Å²) in [5, 5.41) is -0.105. The first-order chi connectivity index (χ1) is 7.78. The highest BCUT2D eigenvalue weighted by molar-refractivity contribution is 7.89. The van der Waals surface area contributed by atoms with Crippen LogP contribution >= 0.6 is 0 Å². The molecular weight excluding hydrogens is 238 g/mol. The van der Waals surface area contributed by atoms with Crippen LogP contribution in [-0.2, 0) is 10.0 Å². The second-order valence-electron chi connectivity index (χ2n) is 4.74. The van der Waals surface area contributed by atoms with E-state index in [0.717, 1.165) is 6.42 Å². The van der Waals surface area contributed by atoms with Gasteiger partial charge < -0.3 is 5.73 Å². The number of sulfonamides is 1. The monoisotopic (exact) mass is 257 g/mol. The van der Waals surface area contributed by atoms with Crippen molar-refractivity contribution in [3.8, 4) is 0 Å². The van der Waals surface area contributed by atoms with E-state index in [1.807, 2.05) is 20.8 Å². The summed E-state index contributed by atoms with van der Waals surface area (Å²) in [5.41, 5.74) is 5.67.